The number of alkyl halides is 1. The maximum Gasteiger partial charge on any atom is 0.119 e. The number of ether oxygens (including phenoxy) is 1. The molecule has 0 spiro atoms. The van der Waals surface area contributed by atoms with Crippen LogP contribution in [-0.2, 0) is 0 Å². The lowest BCUT2D eigenvalue weighted by atomic mass is 9.84. The largest absolute Gasteiger partial charge is 0.491 e. The summed E-state index contributed by atoms with van der Waals surface area (Å²) in [6.07, 6.45) is 5.18. The van der Waals surface area contributed by atoms with E-state index in [2.05, 4.69) is 24.3 Å². The van der Waals surface area contributed by atoms with E-state index in [1.807, 2.05) is 13.8 Å². The second-order valence-corrected chi connectivity index (χ2v) is 5.70. The van der Waals surface area contributed by atoms with Crippen molar-refractivity contribution in [3.8, 4) is 5.75 Å². The van der Waals surface area contributed by atoms with Crippen LogP contribution in [0.25, 0.3) is 0 Å². The van der Waals surface area contributed by atoms with E-state index >= 15 is 0 Å². The summed E-state index contributed by atoms with van der Waals surface area (Å²) in [6, 6.07) is 8.47. The van der Waals surface area contributed by atoms with E-state index in [1.54, 1.807) is 0 Å². The lowest BCUT2D eigenvalue weighted by Gasteiger charge is -2.27. The molecule has 0 bridgehead atoms. The number of halogens is 1. The van der Waals surface area contributed by atoms with E-state index in [-0.39, 0.29) is 6.10 Å². The highest BCUT2D eigenvalue weighted by atomic mass is 35.5. The molecule has 17 heavy (non-hydrogen) atoms. The summed E-state index contributed by atoms with van der Waals surface area (Å²) in [5, 5.41) is 0.306. The molecule has 0 aromatic heterocycles. The van der Waals surface area contributed by atoms with Crippen molar-refractivity contribution in [3.63, 3.8) is 0 Å². The van der Waals surface area contributed by atoms with Crippen LogP contribution in [0.2, 0.25) is 0 Å². The number of hydrogen-bond donors (Lipinski definition) is 0. The molecule has 1 fully saturated rings. The topological polar surface area (TPSA) is 9.23 Å². The Morgan fingerprint density at radius 2 is 1.76 bits per heavy atom. The van der Waals surface area contributed by atoms with Gasteiger partial charge in [-0.2, -0.15) is 0 Å². The molecule has 0 radical (unpaired) electrons. The summed E-state index contributed by atoms with van der Waals surface area (Å²) in [5.74, 6) is 1.48. The molecule has 0 saturated heterocycles. The van der Waals surface area contributed by atoms with Crippen LogP contribution in [0.3, 0.4) is 0 Å². The zero-order valence-corrected chi connectivity index (χ0v) is 11.4. The zero-order chi connectivity index (χ0) is 12.3. The van der Waals surface area contributed by atoms with Gasteiger partial charge in [0.05, 0.1) is 6.10 Å². The number of benzene rings is 1. The molecular formula is C15H21ClO. The molecule has 2 unspecified atom stereocenters. The van der Waals surface area contributed by atoms with E-state index in [9.17, 15) is 0 Å². The first-order valence-corrected chi connectivity index (χ1v) is 7.01. The molecule has 1 aromatic carbocycles. The highest BCUT2D eigenvalue weighted by Gasteiger charge is 2.24. The fourth-order valence-electron chi connectivity index (χ4n) is 2.53. The summed E-state index contributed by atoms with van der Waals surface area (Å²) >= 11 is 6.41. The Hall–Kier alpha value is -0.690. The summed E-state index contributed by atoms with van der Waals surface area (Å²) in [6.45, 7) is 4.09. The van der Waals surface area contributed by atoms with Gasteiger partial charge in [-0.1, -0.05) is 25.0 Å². The Morgan fingerprint density at radius 3 is 2.35 bits per heavy atom. The van der Waals surface area contributed by atoms with Crippen molar-refractivity contribution in [2.75, 3.05) is 0 Å². The summed E-state index contributed by atoms with van der Waals surface area (Å²) in [4.78, 5) is 0. The molecule has 1 aromatic rings. The molecule has 2 heteroatoms. The monoisotopic (exact) mass is 252 g/mol. The van der Waals surface area contributed by atoms with Crippen LogP contribution in [0.15, 0.2) is 24.3 Å². The molecule has 0 heterocycles. The van der Waals surface area contributed by atoms with Gasteiger partial charge < -0.3 is 4.74 Å². The van der Waals surface area contributed by atoms with E-state index in [4.69, 9.17) is 16.3 Å². The van der Waals surface area contributed by atoms with Crippen LogP contribution >= 0.6 is 11.6 Å². The average molecular weight is 253 g/mol. The van der Waals surface area contributed by atoms with E-state index < -0.39 is 0 Å². The maximum absolute atomic E-state index is 6.41. The predicted octanol–water partition coefficient (Wildman–Crippen LogP) is 4.74. The fraction of sp³-hybridized carbons (Fsp3) is 0.600. The second-order valence-electron chi connectivity index (χ2n) is 5.14. The maximum atomic E-state index is 6.41. The van der Waals surface area contributed by atoms with Gasteiger partial charge in [-0.05, 0) is 44.4 Å². The van der Waals surface area contributed by atoms with Gasteiger partial charge in [-0.3, -0.25) is 0 Å². The van der Waals surface area contributed by atoms with Crippen molar-refractivity contribution in [3.05, 3.63) is 29.8 Å². The Labute approximate surface area is 109 Å². The van der Waals surface area contributed by atoms with Gasteiger partial charge in [0.25, 0.3) is 0 Å². The van der Waals surface area contributed by atoms with Gasteiger partial charge in [-0.25, -0.2) is 0 Å². The van der Waals surface area contributed by atoms with Crippen molar-refractivity contribution >= 4 is 11.6 Å². The summed E-state index contributed by atoms with van der Waals surface area (Å²) in [7, 11) is 0. The van der Waals surface area contributed by atoms with Crippen LogP contribution in [0.1, 0.15) is 51.0 Å². The minimum Gasteiger partial charge on any atom is -0.491 e. The molecule has 2 rings (SSSR count). The predicted molar refractivity (Wildman–Crippen MR) is 73.1 cm³/mol. The van der Waals surface area contributed by atoms with Gasteiger partial charge in [0.2, 0.25) is 0 Å². The quantitative estimate of drug-likeness (QED) is 0.706. The third-order valence-corrected chi connectivity index (χ3v) is 3.88. The van der Waals surface area contributed by atoms with Crippen LogP contribution in [-0.4, -0.2) is 11.5 Å². The summed E-state index contributed by atoms with van der Waals surface area (Å²) < 4.78 is 5.65. The van der Waals surface area contributed by atoms with Crippen molar-refractivity contribution < 1.29 is 4.74 Å². The average Bonchev–Trinajstić information content (AvgIpc) is 2.30. The van der Waals surface area contributed by atoms with Gasteiger partial charge in [-0.15, -0.1) is 11.6 Å². The number of hydrogen-bond acceptors (Lipinski definition) is 1. The lowest BCUT2D eigenvalue weighted by Crippen LogP contribution is -2.17. The highest BCUT2D eigenvalue weighted by Crippen LogP contribution is 2.36. The molecule has 1 nitrogen and oxygen atoms in total. The van der Waals surface area contributed by atoms with E-state index in [0.29, 0.717) is 11.3 Å². The van der Waals surface area contributed by atoms with Crippen LogP contribution in [0.4, 0.5) is 0 Å². The van der Waals surface area contributed by atoms with Crippen LogP contribution < -0.4 is 4.74 Å². The molecular weight excluding hydrogens is 232 g/mol. The Kier molecular flexibility index (Phi) is 4.33. The molecule has 0 N–H and O–H groups in total. The van der Waals surface area contributed by atoms with Crippen molar-refractivity contribution in [1.29, 1.82) is 0 Å². The molecule has 1 saturated carbocycles. The van der Waals surface area contributed by atoms with Crippen LogP contribution in [0, 0.1) is 0 Å². The first-order valence-electron chi connectivity index (χ1n) is 6.57. The van der Waals surface area contributed by atoms with Crippen molar-refractivity contribution in [2.24, 2.45) is 0 Å². The Morgan fingerprint density at radius 1 is 1.12 bits per heavy atom. The second kappa shape index (κ2) is 5.77. The normalized spacial score (nSPS) is 24.9. The lowest BCUT2D eigenvalue weighted by molar-refractivity contribution is 0.242. The molecule has 0 amide bonds. The standard InChI is InChI=1S/C15H21ClO/c1-11(2)17-13-9-7-12(8-10-13)14-5-3-4-6-15(14)16/h7-11,14-15H,3-6H2,1-2H3. The minimum atomic E-state index is 0.233. The fourth-order valence-corrected chi connectivity index (χ4v) is 2.95. The van der Waals surface area contributed by atoms with E-state index in [1.165, 1.54) is 24.8 Å². The molecule has 1 aliphatic rings. The van der Waals surface area contributed by atoms with Crippen molar-refractivity contribution in [2.45, 2.75) is 56.9 Å². The van der Waals surface area contributed by atoms with Gasteiger partial charge in [0.15, 0.2) is 0 Å². The Balaban J connectivity index is 2.06. The molecule has 1 aliphatic carbocycles. The van der Waals surface area contributed by atoms with Gasteiger partial charge >= 0.3 is 0 Å². The van der Waals surface area contributed by atoms with Crippen LogP contribution in [0.5, 0.6) is 5.75 Å². The highest BCUT2D eigenvalue weighted by molar-refractivity contribution is 6.21. The number of rotatable bonds is 3. The van der Waals surface area contributed by atoms with Crippen molar-refractivity contribution in [1.82, 2.24) is 0 Å². The van der Waals surface area contributed by atoms with E-state index in [0.717, 1.165) is 12.2 Å². The summed E-state index contributed by atoms with van der Waals surface area (Å²) in [5.41, 5.74) is 1.36. The molecule has 94 valence electrons. The third-order valence-electron chi connectivity index (χ3n) is 3.36. The third kappa shape index (κ3) is 3.38. The van der Waals surface area contributed by atoms with Gasteiger partial charge in [0, 0.05) is 11.3 Å². The minimum absolute atomic E-state index is 0.233. The smallest absolute Gasteiger partial charge is 0.119 e. The Bertz CT molecular complexity index is 344. The van der Waals surface area contributed by atoms with Gasteiger partial charge in [0.1, 0.15) is 5.75 Å². The zero-order valence-electron chi connectivity index (χ0n) is 10.7. The SMILES string of the molecule is CC(C)Oc1ccc(C2CCCCC2Cl)cc1. The first-order chi connectivity index (χ1) is 8.16. The molecule has 2 atom stereocenters. The first kappa shape index (κ1) is 12.8. The molecule has 0 aliphatic heterocycles.